The van der Waals surface area contributed by atoms with Crippen molar-refractivity contribution in [3.63, 3.8) is 0 Å². The minimum Gasteiger partial charge on any atom is -0.277 e. The number of halogens is 1. The molecule has 2 heterocycles. The third-order valence-electron chi connectivity index (χ3n) is 2.00. The van der Waals surface area contributed by atoms with Crippen LogP contribution in [0.2, 0.25) is 0 Å². The van der Waals surface area contributed by atoms with Crippen molar-refractivity contribution >= 4 is 10.2 Å². The number of hydrogen-bond donors (Lipinski definition) is 1. The molecule has 5 nitrogen and oxygen atoms in total. The summed E-state index contributed by atoms with van der Waals surface area (Å²) in [6, 6.07) is 3.43. The van der Waals surface area contributed by atoms with Gasteiger partial charge in [0.1, 0.15) is 5.75 Å². The molecule has 2 aromatic rings. The molecule has 2 rings (SSSR count). The lowest BCUT2D eigenvalue weighted by atomic mass is 10.1. The first-order chi connectivity index (χ1) is 7.56. The molecule has 0 atom stereocenters. The van der Waals surface area contributed by atoms with Crippen molar-refractivity contribution in [1.82, 2.24) is 15.2 Å². The van der Waals surface area contributed by atoms with Gasteiger partial charge in [0, 0.05) is 23.5 Å². The molecule has 0 saturated carbocycles. The molecule has 0 fully saturated rings. The van der Waals surface area contributed by atoms with Crippen LogP contribution >= 0.6 is 0 Å². The van der Waals surface area contributed by atoms with E-state index in [9.17, 15) is 12.3 Å². The lowest BCUT2D eigenvalue weighted by molar-refractivity contribution is 0.551. The Morgan fingerprint density at radius 2 is 2.19 bits per heavy atom. The molecule has 0 spiro atoms. The van der Waals surface area contributed by atoms with Crippen LogP contribution in [0.4, 0.5) is 3.89 Å². The summed E-state index contributed by atoms with van der Waals surface area (Å²) in [7, 11) is -4.56. The minimum absolute atomic E-state index is 0.288. The van der Waals surface area contributed by atoms with Gasteiger partial charge < -0.3 is 0 Å². The maximum Gasteiger partial charge on any atom is 0.306 e. The summed E-state index contributed by atoms with van der Waals surface area (Å²) in [6.45, 7) is 0. The Morgan fingerprint density at radius 1 is 1.38 bits per heavy atom. The van der Waals surface area contributed by atoms with Gasteiger partial charge in [-0.3, -0.25) is 10.1 Å². The summed E-state index contributed by atoms with van der Waals surface area (Å²) in [5.41, 5.74) is 1.42. The molecular formula is C9H8FN3O2S. The number of hydrogen-bond acceptors (Lipinski definition) is 4. The highest BCUT2D eigenvalue weighted by atomic mass is 32.3. The Labute approximate surface area is 91.6 Å². The summed E-state index contributed by atoms with van der Waals surface area (Å²) >= 11 is 0. The first-order valence-electron chi connectivity index (χ1n) is 4.41. The SMILES string of the molecule is O=S(=O)(F)Cc1cn[nH]c1-c1cccnc1. The highest BCUT2D eigenvalue weighted by Crippen LogP contribution is 2.21. The van der Waals surface area contributed by atoms with E-state index in [4.69, 9.17) is 0 Å². The fourth-order valence-corrected chi connectivity index (χ4v) is 1.96. The average molecular weight is 241 g/mol. The Balaban J connectivity index is 2.41. The standard InChI is InChI=1S/C9H8FN3O2S/c10-16(14,15)6-8-5-12-13-9(8)7-2-1-3-11-4-7/h1-5H,6H2,(H,12,13). The largest absolute Gasteiger partial charge is 0.306 e. The predicted molar refractivity (Wildman–Crippen MR) is 55.6 cm³/mol. The normalized spacial score (nSPS) is 11.6. The average Bonchev–Trinajstić information content (AvgIpc) is 2.64. The molecule has 0 aromatic carbocycles. The van der Waals surface area contributed by atoms with Crippen molar-refractivity contribution < 1.29 is 12.3 Å². The fraction of sp³-hybridized carbons (Fsp3) is 0.111. The van der Waals surface area contributed by atoms with Gasteiger partial charge in [0.2, 0.25) is 0 Å². The van der Waals surface area contributed by atoms with E-state index in [0.29, 0.717) is 11.3 Å². The van der Waals surface area contributed by atoms with E-state index < -0.39 is 16.0 Å². The molecule has 0 bridgehead atoms. The Hall–Kier alpha value is -1.76. The summed E-state index contributed by atoms with van der Waals surface area (Å²) in [5, 5.41) is 6.32. The van der Waals surface area contributed by atoms with Crippen LogP contribution in [0.3, 0.4) is 0 Å². The first kappa shape index (κ1) is 10.7. The Morgan fingerprint density at radius 3 is 2.81 bits per heavy atom. The predicted octanol–water partition coefficient (Wildman–Crippen LogP) is 1.27. The summed E-state index contributed by atoms with van der Waals surface area (Å²) in [5.74, 6) is -0.687. The Bertz CT molecular complexity index is 580. The van der Waals surface area contributed by atoms with Crippen LogP contribution in [-0.4, -0.2) is 23.6 Å². The van der Waals surface area contributed by atoms with Crippen molar-refractivity contribution in [1.29, 1.82) is 0 Å². The molecule has 0 aliphatic carbocycles. The van der Waals surface area contributed by atoms with Crippen molar-refractivity contribution in [2.75, 3.05) is 0 Å². The van der Waals surface area contributed by atoms with E-state index in [1.165, 1.54) is 6.20 Å². The lowest BCUT2D eigenvalue weighted by Crippen LogP contribution is -1.96. The van der Waals surface area contributed by atoms with Crippen LogP contribution in [0, 0.1) is 0 Å². The highest BCUT2D eigenvalue weighted by molar-refractivity contribution is 7.85. The molecule has 2 aromatic heterocycles. The van der Waals surface area contributed by atoms with Crippen LogP contribution < -0.4 is 0 Å². The van der Waals surface area contributed by atoms with E-state index in [1.807, 2.05) is 0 Å². The Kier molecular flexibility index (Phi) is 2.69. The molecule has 7 heteroatoms. The summed E-state index contributed by atoms with van der Waals surface area (Å²) in [4.78, 5) is 3.89. The van der Waals surface area contributed by atoms with Crippen LogP contribution in [0.25, 0.3) is 11.3 Å². The number of aromatic nitrogens is 3. The number of aromatic amines is 1. The molecule has 0 aliphatic rings. The van der Waals surface area contributed by atoms with Gasteiger partial charge in [-0.25, -0.2) is 0 Å². The lowest BCUT2D eigenvalue weighted by Gasteiger charge is -1.99. The second-order valence-corrected chi connectivity index (χ2v) is 4.56. The van der Waals surface area contributed by atoms with Gasteiger partial charge in [-0.15, -0.1) is 3.89 Å². The second-order valence-electron chi connectivity index (χ2n) is 3.20. The van der Waals surface area contributed by atoms with Crippen molar-refractivity contribution in [3.05, 3.63) is 36.3 Å². The number of rotatable bonds is 3. The summed E-state index contributed by atoms with van der Waals surface area (Å²) < 4.78 is 33.7. The van der Waals surface area contributed by atoms with Crippen molar-refractivity contribution in [2.45, 2.75) is 5.75 Å². The van der Waals surface area contributed by atoms with Gasteiger partial charge in [0.05, 0.1) is 11.9 Å². The smallest absolute Gasteiger partial charge is 0.277 e. The van der Waals surface area contributed by atoms with Gasteiger partial charge in [-0.2, -0.15) is 13.5 Å². The van der Waals surface area contributed by atoms with Crippen molar-refractivity contribution in [2.24, 2.45) is 0 Å². The van der Waals surface area contributed by atoms with Gasteiger partial charge in [-0.1, -0.05) is 0 Å². The molecule has 0 unspecified atom stereocenters. The van der Waals surface area contributed by atoms with Crippen LogP contribution in [0.5, 0.6) is 0 Å². The number of nitrogens with one attached hydrogen (secondary N) is 1. The molecule has 1 N–H and O–H groups in total. The van der Waals surface area contributed by atoms with Gasteiger partial charge >= 0.3 is 10.2 Å². The van der Waals surface area contributed by atoms with E-state index in [2.05, 4.69) is 15.2 Å². The number of H-pyrrole nitrogens is 1. The van der Waals surface area contributed by atoms with E-state index in [1.54, 1.807) is 24.5 Å². The molecular weight excluding hydrogens is 233 g/mol. The number of pyridine rings is 1. The maximum absolute atomic E-state index is 12.6. The van der Waals surface area contributed by atoms with E-state index >= 15 is 0 Å². The third-order valence-corrected chi connectivity index (χ3v) is 2.65. The minimum atomic E-state index is -4.56. The van der Waals surface area contributed by atoms with Gasteiger partial charge in [0.25, 0.3) is 0 Å². The molecule has 16 heavy (non-hydrogen) atoms. The highest BCUT2D eigenvalue weighted by Gasteiger charge is 2.15. The zero-order chi connectivity index (χ0) is 11.6. The van der Waals surface area contributed by atoms with Crippen molar-refractivity contribution in [3.8, 4) is 11.3 Å². The van der Waals surface area contributed by atoms with Crippen LogP contribution in [0.1, 0.15) is 5.56 Å². The fourth-order valence-electron chi connectivity index (χ4n) is 1.37. The summed E-state index contributed by atoms with van der Waals surface area (Å²) in [6.07, 6.45) is 4.42. The van der Waals surface area contributed by atoms with Crippen LogP contribution in [0.15, 0.2) is 30.7 Å². The molecule has 0 radical (unpaired) electrons. The molecule has 0 amide bonds. The second kappa shape index (κ2) is 4.01. The maximum atomic E-state index is 12.6. The quantitative estimate of drug-likeness (QED) is 0.821. The monoisotopic (exact) mass is 241 g/mol. The van der Waals surface area contributed by atoms with E-state index in [-0.39, 0.29) is 5.56 Å². The van der Waals surface area contributed by atoms with Gasteiger partial charge in [-0.05, 0) is 12.1 Å². The third kappa shape index (κ3) is 2.43. The first-order valence-corrected chi connectivity index (χ1v) is 5.96. The van der Waals surface area contributed by atoms with Crippen LogP contribution in [-0.2, 0) is 16.0 Å². The topological polar surface area (TPSA) is 75.7 Å². The molecule has 0 saturated heterocycles. The molecule has 0 aliphatic heterocycles. The molecule has 84 valence electrons. The van der Waals surface area contributed by atoms with Gasteiger partial charge in [0.15, 0.2) is 0 Å². The zero-order valence-corrected chi connectivity index (χ0v) is 8.91. The van der Waals surface area contributed by atoms with E-state index in [0.717, 1.165) is 0 Å². The zero-order valence-electron chi connectivity index (χ0n) is 8.09. The number of nitrogens with zero attached hydrogens (tertiary/aromatic N) is 2.